The molecule has 0 spiro atoms. The van der Waals surface area contributed by atoms with E-state index in [1.807, 2.05) is 0 Å². The minimum absolute atomic E-state index is 0.0177. The molecule has 0 unspecified atom stereocenters. The van der Waals surface area contributed by atoms with Crippen molar-refractivity contribution < 1.29 is 13.5 Å². The number of ether oxygens (including phenoxy) is 1. The molecule has 112 valence electrons. The van der Waals surface area contributed by atoms with E-state index in [4.69, 9.17) is 22.1 Å². The molecule has 0 atom stereocenters. The second kappa shape index (κ2) is 7.20. The molecule has 0 fully saturated rings. The number of halogens is 4. The predicted molar refractivity (Wildman–Crippen MR) is 82.6 cm³/mol. The Morgan fingerprint density at radius 1 is 1.14 bits per heavy atom. The molecule has 0 saturated heterocycles. The highest BCUT2D eigenvalue weighted by atomic mass is 79.9. The standard InChI is InChI=1S/C15H13BrClF2NO/c16-11-2-1-10(12(17)7-11)8-21-15-13(18)5-9(3-4-20)6-14(15)19/h1-2,5-7H,3-4,8,20H2. The maximum atomic E-state index is 13.9. The highest BCUT2D eigenvalue weighted by Crippen LogP contribution is 2.27. The van der Waals surface area contributed by atoms with Crippen LogP contribution < -0.4 is 10.5 Å². The molecule has 0 bridgehead atoms. The minimum Gasteiger partial charge on any atom is -0.483 e. The van der Waals surface area contributed by atoms with E-state index in [0.717, 1.165) is 4.47 Å². The smallest absolute Gasteiger partial charge is 0.191 e. The van der Waals surface area contributed by atoms with Crippen LogP contribution in [-0.2, 0) is 13.0 Å². The molecule has 0 radical (unpaired) electrons. The summed E-state index contributed by atoms with van der Waals surface area (Å²) in [6.45, 7) is 0.309. The van der Waals surface area contributed by atoms with Gasteiger partial charge in [0.05, 0.1) is 0 Å². The van der Waals surface area contributed by atoms with Gasteiger partial charge in [0.15, 0.2) is 17.4 Å². The first-order chi connectivity index (χ1) is 10.0. The Kier molecular flexibility index (Phi) is 5.56. The molecule has 0 aliphatic heterocycles. The van der Waals surface area contributed by atoms with Crippen LogP contribution in [0.15, 0.2) is 34.8 Å². The number of rotatable bonds is 5. The average Bonchev–Trinajstić information content (AvgIpc) is 2.40. The lowest BCUT2D eigenvalue weighted by molar-refractivity contribution is 0.274. The van der Waals surface area contributed by atoms with E-state index in [1.165, 1.54) is 12.1 Å². The lowest BCUT2D eigenvalue weighted by atomic mass is 10.1. The third kappa shape index (κ3) is 4.15. The molecule has 2 N–H and O–H groups in total. The summed E-state index contributed by atoms with van der Waals surface area (Å²) in [5, 5.41) is 0.463. The van der Waals surface area contributed by atoms with Crippen LogP contribution in [0, 0.1) is 11.6 Å². The Morgan fingerprint density at radius 3 is 2.38 bits per heavy atom. The first-order valence-electron chi connectivity index (χ1n) is 6.26. The molecule has 6 heteroatoms. The van der Waals surface area contributed by atoms with Gasteiger partial charge in [-0.05, 0) is 42.8 Å². The number of nitrogens with two attached hydrogens (primary N) is 1. The van der Waals surface area contributed by atoms with E-state index >= 15 is 0 Å². The third-order valence-corrected chi connectivity index (χ3v) is 3.72. The normalized spacial score (nSPS) is 10.7. The molecule has 2 rings (SSSR count). The van der Waals surface area contributed by atoms with Crippen molar-refractivity contribution in [2.75, 3.05) is 6.54 Å². The van der Waals surface area contributed by atoms with Gasteiger partial charge in [0.2, 0.25) is 0 Å². The van der Waals surface area contributed by atoms with Gasteiger partial charge in [-0.25, -0.2) is 8.78 Å². The fraction of sp³-hybridized carbons (Fsp3) is 0.200. The van der Waals surface area contributed by atoms with Crippen molar-refractivity contribution in [1.82, 2.24) is 0 Å². The second-order valence-electron chi connectivity index (χ2n) is 4.45. The van der Waals surface area contributed by atoms with Gasteiger partial charge in [0.1, 0.15) is 6.61 Å². The Balaban J connectivity index is 2.16. The van der Waals surface area contributed by atoms with Crippen molar-refractivity contribution >= 4 is 27.5 Å². The maximum absolute atomic E-state index is 13.9. The fourth-order valence-electron chi connectivity index (χ4n) is 1.85. The van der Waals surface area contributed by atoms with Crippen molar-refractivity contribution in [3.8, 4) is 5.75 Å². The number of hydrogen-bond donors (Lipinski definition) is 1. The number of hydrogen-bond acceptors (Lipinski definition) is 2. The summed E-state index contributed by atoms with van der Waals surface area (Å²) in [4.78, 5) is 0. The first kappa shape index (κ1) is 16.2. The molecule has 2 nitrogen and oxygen atoms in total. The van der Waals surface area contributed by atoms with Gasteiger partial charge < -0.3 is 10.5 Å². The van der Waals surface area contributed by atoms with Crippen LogP contribution in [0.5, 0.6) is 5.75 Å². The van der Waals surface area contributed by atoms with Crippen molar-refractivity contribution in [3.63, 3.8) is 0 Å². The average molecular weight is 377 g/mol. The zero-order valence-corrected chi connectivity index (χ0v) is 13.3. The number of benzene rings is 2. The van der Waals surface area contributed by atoms with Gasteiger partial charge in [-0.1, -0.05) is 33.6 Å². The lowest BCUT2D eigenvalue weighted by Gasteiger charge is -2.11. The maximum Gasteiger partial charge on any atom is 0.191 e. The first-order valence-corrected chi connectivity index (χ1v) is 7.43. The highest BCUT2D eigenvalue weighted by Gasteiger charge is 2.13. The van der Waals surface area contributed by atoms with Crippen LogP contribution in [0.1, 0.15) is 11.1 Å². The van der Waals surface area contributed by atoms with E-state index in [1.54, 1.807) is 18.2 Å². The topological polar surface area (TPSA) is 35.2 Å². The minimum atomic E-state index is -0.744. The molecule has 21 heavy (non-hydrogen) atoms. The van der Waals surface area contributed by atoms with Gasteiger partial charge in [-0.2, -0.15) is 0 Å². The SMILES string of the molecule is NCCc1cc(F)c(OCc2ccc(Br)cc2Cl)c(F)c1. The zero-order chi connectivity index (χ0) is 15.4. The summed E-state index contributed by atoms with van der Waals surface area (Å²) in [5.74, 6) is -1.90. The third-order valence-electron chi connectivity index (χ3n) is 2.88. The quantitative estimate of drug-likeness (QED) is 0.836. The van der Waals surface area contributed by atoms with Crippen LogP contribution in [0.2, 0.25) is 5.02 Å². The lowest BCUT2D eigenvalue weighted by Crippen LogP contribution is -2.05. The Hall–Kier alpha value is -1.17. The molecule has 2 aromatic carbocycles. The molecule has 0 amide bonds. The van der Waals surface area contributed by atoms with Crippen LogP contribution in [0.4, 0.5) is 8.78 Å². The van der Waals surface area contributed by atoms with Crippen LogP contribution in [0.25, 0.3) is 0 Å². The second-order valence-corrected chi connectivity index (χ2v) is 5.77. The monoisotopic (exact) mass is 375 g/mol. The van der Waals surface area contributed by atoms with Crippen molar-refractivity contribution in [2.24, 2.45) is 5.73 Å². The summed E-state index contributed by atoms with van der Waals surface area (Å²) in [5.41, 5.74) is 6.51. The van der Waals surface area contributed by atoms with Crippen molar-refractivity contribution in [2.45, 2.75) is 13.0 Å². The van der Waals surface area contributed by atoms with Gasteiger partial charge in [0, 0.05) is 15.1 Å². The van der Waals surface area contributed by atoms with Gasteiger partial charge in [-0.3, -0.25) is 0 Å². The summed E-state index contributed by atoms with van der Waals surface area (Å²) >= 11 is 9.31. The summed E-state index contributed by atoms with van der Waals surface area (Å²) < 4.78 is 33.8. The molecule has 0 aliphatic carbocycles. The van der Waals surface area contributed by atoms with E-state index in [9.17, 15) is 8.78 Å². The van der Waals surface area contributed by atoms with Crippen molar-refractivity contribution in [3.05, 3.63) is 62.6 Å². The van der Waals surface area contributed by atoms with Gasteiger partial charge >= 0.3 is 0 Å². The van der Waals surface area contributed by atoms with Crippen LogP contribution in [-0.4, -0.2) is 6.54 Å². The fourth-order valence-corrected chi connectivity index (χ4v) is 2.58. The summed E-state index contributed by atoms with van der Waals surface area (Å²) in [6, 6.07) is 7.66. The van der Waals surface area contributed by atoms with E-state index < -0.39 is 17.4 Å². The van der Waals surface area contributed by atoms with Gasteiger partial charge in [0.25, 0.3) is 0 Å². The molecule has 0 heterocycles. The molecule has 0 saturated carbocycles. The van der Waals surface area contributed by atoms with E-state index in [0.29, 0.717) is 29.1 Å². The Labute approximate surface area is 135 Å². The Bertz CT molecular complexity index is 629. The van der Waals surface area contributed by atoms with E-state index in [2.05, 4.69) is 15.9 Å². The van der Waals surface area contributed by atoms with Crippen molar-refractivity contribution in [1.29, 1.82) is 0 Å². The molecule has 2 aromatic rings. The molecule has 0 aromatic heterocycles. The summed E-state index contributed by atoms with van der Waals surface area (Å²) in [7, 11) is 0. The van der Waals surface area contributed by atoms with Gasteiger partial charge in [-0.15, -0.1) is 0 Å². The Morgan fingerprint density at radius 2 is 1.81 bits per heavy atom. The molecule has 0 aliphatic rings. The van der Waals surface area contributed by atoms with E-state index in [-0.39, 0.29) is 6.61 Å². The molecular formula is C15H13BrClF2NO. The highest BCUT2D eigenvalue weighted by molar-refractivity contribution is 9.10. The van der Waals surface area contributed by atoms with Crippen LogP contribution in [0.3, 0.4) is 0 Å². The summed E-state index contributed by atoms with van der Waals surface area (Å²) in [6.07, 6.45) is 0.409. The largest absolute Gasteiger partial charge is 0.483 e. The molecular weight excluding hydrogens is 364 g/mol. The zero-order valence-electron chi connectivity index (χ0n) is 11.0. The predicted octanol–water partition coefficient (Wildman–Crippen LogP) is 4.46. The van der Waals surface area contributed by atoms with Crippen LogP contribution >= 0.6 is 27.5 Å².